The second-order valence-corrected chi connectivity index (χ2v) is 4.62. The SMILES string of the molecule is Oc1cc(O)c(-c2ccccc2)cc1-c1ccccc1. The van der Waals surface area contributed by atoms with Crippen molar-refractivity contribution < 1.29 is 10.2 Å². The molecule has 0 saturated heterocycles. The van der Waals surface area contributed by atoms with Crippen LogP contribution in [0.3, 0.4) is 0 Å². The molecule has 0 aliphatic heterocycles. The maximum Gasteiger partial charge on any atom is 0.127 e. The molecule has 3 aromatic carbocycles. The lowest BCUT2D eigenvalue weighted by atomic mass is 9.97. The molecule has 0 aliphatic rings. The third-order valence-electron chi connectivity index (χ3n) is 3.28. The molecule has 0 unspecified atom stereocenters. The molecule has 3 rings (SSSR count). The molecule has 0 fully saturated rings. The molecule has 98 valence electrons. The van der Waals surface area contributed by atoms with E-state index in [0.717, 1.165) is 11.1 Å². The van der Waals surface area contributed by atoms with Gasteiger partial charge in [0.1, 0.15) is 11.5 Å². The van der Waals surface area contributed by atoms with Crippen LogP contribution in [0, 0.1) is 0 Å². The van der Waals surface area contributed by atoms with Crippen LogP contribution in [0.15, 0.2) is 72.8 Å². The molecule has 0 aliphatic carbocycles. The summed E-state index contributed by atoms with van der Waals surface area (Å²) in [4.78, 5) is 0. The third-order valence-corrected chi connectivity index (χ3v) is 3.28. The molecule has 2 N–H and O–H groups in total. The van der Waals surface area contributed by atoms with Crippen molar-refractivity contribution in [2.45, 2.75) is 0 Å². The Balaban J connectivity index is 2.19. The van der Waals surface area contributed by atoms with Crippen LogP contribution in [0.5, 0.6) is 11.5 Å². The minimum absolute atomic E-state index is 0.0772. The van der Waals surface area contributed by atoms with E-state index in [1.807, 2.05) is 66.7 Å². The summed E-state index contributed by atoms with van der Waals surface area (Å²) in [6.45, 7) is 0. The van der Waals surface area contributed by atoms with E-state index in [9.17, 15) is 10.2 Å². The van der Waals surface area contributed by atoms with Gasteiger partial charge in [-0.05, 0) is 17.2 Å². The molecule has 0 aromatic heterocycles. The van der Waals surface area contributed by atoms with Crippen molar-refractivity contribution in [3.63, 3.8) is 0 Å². The normalized spacial score (nSPS) is 10.4. The Morgan fingerprint density at radius 3 is 1.30 bits per heavy atom. The van der Waals surface area contributed by atoms with Gasteiger partial charge in [-0.25, -0.2) is 0 Å². The Morgan fingerprint density at radius 1 is 0.500 bits per heavy atom. The molecule has 0 saturated carbocycles. The molecule has 0 heterocycles. The first-order chi connectivity index (χ1) is 9.75. The van der Waals surface area contributed by atoms with Crippen LogP contribution in [0.25, 0.3) is 22.3 Å². The molecule has 0 atom stereocenters. The van der Waals surface area contributed by atoms with Gasteiger partial charge in [-0.15, -0.1) is 0 Å². The minimum Gasteiger partial charge on any atom is -0.507 e. The zero-order chi connectivity index (χ0) is 13.9. The van der Waals surface area contributed by atoms with E-state index in [1.165, 1.54) is 6.07 Å². The first-order valence-electron chi connectivity index (χ1n) is 6.42. The van der Waals surface area contributed by atoms with E-state index >= 15 is 0 Å². The molecular weight excluding hydrogens is 248 g/mol. The number of hydrogen-bond acceptors (Lipinski definition) is 2. The quantitative estimate of drug-likeness (QED) is 0.717. The third kappa shape index (κ3) is 2.24. The van der Waals surface area contributed by atoms with Gasteiger partial charge < -0.3 is 10.2 Å². The van der Waals surface area contributed by atoms with Crippen molar-refractivity contribution in [2.75, 3.05) is 0 Å². The second-order valence-electron chi connectivity index (χ2n) is 4.62. The van der Waals surface area contributed by atoms with Gasteiger partial charge in [0.25, 0.3) is 0 Å². The van der Waals surface area contributed by atoms with Crippen LogP contribution < -0.4 is 0 Å². The summed E-state index contributed by atoms with van der Waals surface area (Å²) in [5.41, 5.74) is 3.26. The van der Waals surface area contributed by atoms with Crippen LogP contribution in [-0.4, -0.2) is 10.2 Å². The second kappa shape index (κ2) is 5.10. The van der Waals surface area contributed by atoms with E-state index in [4.69, 9.17) is 0 Å². The Hall–Kier alpha value is -2.74. The van der Waals surface area contributed by atoms with E-state index in [2.05, 4.69) is 0 Å². The summed E-state index contributed by atoms with van der Waals surface area (Å²) in [6.07, 6.45) is 0. The number of phenolic OH excluding ortho intramolecular Hbond substituents is 2. The molecule has 0 bridgehead atoms. The number of benzene rings is 3. The van der Waals surface area contributed by atoms with Gasteiger partial charge in [0.05, 0.1) is 0 Å². The van der Waals surface area contributed by atoms with Gasteiger partial charge in [-0.2, -0.15) is 0 Å². The van der Waals surface area contributed by atoms with Crippen molar-refractivity contribution in [3.05, 3.63) is 72.8 Å². The molecule has 3 aromatic rings. The molecule has 0 amide bonds. The molecule has 20 heavy (non-hydrogen) atoms. The topological polar surface area (TPSA) is 40.5 Å². The summed E-state index contributed by atoms with van der Waals surface area (Å²) >= 11 is 0. The lowest BCUT2D eigenvalue weighted by Crippen LogP contribution is -1.84. The predicted molar refractivity (Wildman–Crippen MR) is 80.6 cm³/mol. The fourth-order valence-electron chi connectivity index (χ4n) is 2.28. The van der Waals surface area contributed by atoms with E-state index < -0.39 is 0 Å². The maximum atomic E-state index is 10.1. The van der Waals surface area contributed by atoms with Gasteiger partial charge in [-0.3, -0.25) is 0 Å². The molecule has 2 nitrogen and oxygen atoms in total. The highest BCUT2D eigenvalue weighted by molar-refractivity contribution is 5.81. The minimum atomic E-state index is 0.0772. The smallest absolute Gasteiger partial charge is 0.127 e. The van der Waals surface area contributed by atoms with E-state index in [-0.39, 0.29) is 11.5 Å². The van der Waals surface area contributed by atoms with Gasteiger partial charge in [-0.1, -0.05) is 60.7 Å². The molecular formula is C18H14O2. The van der Waals surface area contributed by atoms with E-state index in [1.54, 1.807) is 0 Å². The van der Waals surface area contributed by atoms with Crippen molar-refractivity contribution in [3.8, 4) is 33.8 Å². The van der Waals surface area contributed by atoms with Crippen LogP contribution >= 0.6 is 0 Å². The molecule has 0 spiro atoms. The standard InChI is InChI=1S/C18H14O2/c19-17-12-18(20)16(14-9-5-2-6-10-14)11-15(17)13-7-3-1-4-8-13/h1-12,19-20H. The van der Waals surface area contributed by atoms with Crippen LogP contribution in [0.1, 0.15) is 0 Å². The lowest BCUT2D eigenvalue weighted by Gasteiger charge is -2.10. The Kier molecular flexibility index (Phi) is 3.13. The fraction of sp³-hybridized carbons (Fsp3) is 0. The summed E-state index contributed by atoms with van der Waals surface area (Å²) in [5.74, 6) is 0.154. The number of hydrogen-bond donors (Lipinski definition) is 2. The van der Waals surface area contributed by atoms with Crippen LogP contribution in [0.4, 0.5) is 0 Å². The van der Waals surface area contributed by atoms with E-state index in [0.29, 0.717) is 11.1 Å². The summed E-state index contributed by atoms with van der Waals surface area (Å²) < 4.78 is 0. The Morgan fingerprint density at radius 2 is 0.900 bits per heavy atom. The summed E-state index contributed by atoms with van der Waals surface area (Å²) in [5, 5.41) is 20.1. The number of rotatable bonds is 2. The van der Waals surface area contributed by atoms with Crippen LogP contribution in [0.2, 0.25) is 0 Å². The maximum absolute atomic E-state index is 10.1. The van der Waals surface area contributed by atoms with Crippen LogP contribution in [-0.2, 0) is 0 Å². The van der Waals surface area contributed by atoms with Crippen molar-refractivity contribution in [1.29, 1.82) is 0 Å². The molecule has 0 radical (unpaired) electrons. The zero-order valence-corrected chi connectivity index (χ0v) is 10.8. The Labute approximate surface area is 117 Å². The number of phenols is 2. The highest BCUT2D eigenvalue weighted by Crippen LogP contribution is 2.39. The summed E-state index contributed by atoms with van der Waals surface area (Å²) in [7, 11) is 0. The average Bonchev–Trinajstić information content (AvgIpc) is 2.49. The fourth-order valence-corrected chi connectivity index (χ4v) is 2.28. The van der Waals surface area contributed by atoms with Crippen molar-refractivity contribution in [1.82, 2.24) is 0 Å². The van der Waals surface area contributed by atoms with Gasteiger partial charge in [0.15, 0.2) is 0 Å². The monoisotopic (exact) mass is 262 g/mol. The predicted octanol–water partition coefficient (Wildman–Crippen LogP) is 4.43. The largest absolute Gasteiger partial charge is 0.507 e. The van der Waals surface area contributed by atoms with Crippen molar-refractivity contribution in [2.24, 2.45) is 0 Å². The number of aromatic hydroxyl groups is 2. The first-order valence-corrected chi connectivity index (χ1v) is 6.42. The van der Waals surface area contributed by atoms with Gasteiger partial charge in [0.2, 0.25) is 0 Å². The highest BCUT2D eigenvalue weighted by atomic mass is 16.3. The zero-order valence-electron chi connectivity index (χ0n) is 10.8. The van der Waals surface area contributed by atoms with Crippen molar-refractivity contribution >= 4 is 0 Å². The summed E-state index contributed by atoms with van der Waals surface area (Å²) in [6, 6.07) is 22.5. The lowest BCUT2D eigenvalue weighted by molar-refractivity contribution is 0.453. The molecule has 2 heteroatoms. The van der Waals surface area contributed by atoms with Gasteiger partial charge >= 0.3 is 0 Å². The first kappa shape index (κ1) is 12.3. The highest BCUT2D eigenvalue weighted by Gasteiger charge is 2.11. The Bertz CT molecular complexity index is 658. The van der Waals surface area contributed by atoms with Gasteiger partial charge in [0, 0.05) is 17.2 Å². The average molecular weight is 262 g/mol.